The van der Waals surface area contributed by atoms with Crippen LogP contribution >= 0.6 is 22.9 Å². The van der Waals surface area contributed by atoms with Crippen LogP contribution in [0.2, 0.25) is 5.02 Å². The first-order valence-corrected chi connectivity index (χ1v) is 10.4. The minimum atomic E-state index is -0.409. The Morgan fingerprint density at radius 3 is 2.81 bits per heavy atom. The minimum Gasteiger partial charge on any atom is -0.462 e. The molecule has 1 aromatic carbocycles. The number of hydrogen-bond donors (Lipinski definition) is 2. The van der Waals surface area contributed by atoms with E-state index in [1.54, 1.807) is 31.2 Å². The normalized spacial score (nSPS) is 15.7. The van der Waals surface area contributed by atoms with Gasteiger partial charge in [0.1, 0.15) is 5.00 Å². The van der Waals surface area contributed by atoms with Gasteiger partial charge in [-0.25, -0.2) is 9.59 Å². The molecule has 5 nitrogen and oxygen atoms in total. The summed E-state index contributed by atoms with van der Waals surface area (Å²) in [5.41, 5.74) is 2.12. The van der Waals surface area contributed by atoms with Crippen LogP contribution in [-0.2, 0) is 17.6 Å². The molecule has 1 aromatic heterocycles. The van der Waals surface area contributed by atoms with Crippen LogP contribution in [0.1, 0.15) is 47.5 Å². The minimum absolute atomic E-state index is 0.301. The molecule has 0 radical (unpaired) electrons. The Morgan fingerprint density at radius 2 is 2.11 bits per heavy atom. The summed E-state index contributed by atoms with van der Waals surface area (Å²) in [6.07, 6.45) is 3.96. The van der Waals surface area contributed by atoms with Crippen molar-refractivity contribution in [2.75, 3.05) is 17.2 Å². The Balaban J connectivity index is 1.84. The van der Waals surface area contributed by atoms with Crippen LogP contribution in [0.25, 0.3) is 0 Å². The standard InChI is InChI=1S/C20H23ClN2O3S/c1-3-12-8-9-15-16(10-12)27-18(17(15)19(24)26-4-2)23-20(25)22-14-7-5-6-13(21)11-14/h5-7,11-12H,3-4,8-10H2,1-2H3,(H2,22,23,25)/t12-/m1/s1. The molecule has 2 N–H and O–H groups in total. The van der Waals surface area contributed by atoms with Crippen LogP contribution in [0.4, 0.5) is 15.5 Å². The van der Waals surface area contributed by atoms with Crippen molar-refractivity contribution >= 4 is 45.6 Å². The van der Waals surface area contributed by atoms with Gasteiger partial charge in [-0.3, -0.25) is 5.32 Å². The van der Waals surface area contributed by atoms with E-state index in [4.69, 9.17) is 16.3 Å². The lowest BCUT2D eigenvalue weighted by Crippen LogP contribution is -2.21. The van der Waals surface area contributed by atoms with Gasteiger partial charge in [0.05, 0.1) is 12.2 Å². The quantitative estimate of drug-likeness (QED) is 0.622. The number of halogens is 1. The van der Waals surface area contributed by atoms with E-state index in [9.17, 15) is 9.59 Å². The van der Waals surface area contributed by atoms with E-state index in [0.717, 1.165) is 31.2 Å². The maximum atomic E-state index is 12.5. The molecular weight excluding hydrogens is 384 g/mol. The number of carbonyl (C=O) groups is 2. The van der Waals surface area contributed by atoms with Crippen LogP contribution < -0.4 is 10.6 Å². The number of urea groups is 1. The Labute approximate surface area is 168 Å². The fourth-order valence-electron chi connectivity index (χ4n) is 3.34. The molecule has 0 saturated heterocycles. The zero-order valence-electron chi connectivity index (χ0n) is 15.4. The Bertz CT molecular complexity index is 850. The molecule has 1 atom stereocenters. The van der Waals surface area contributed by atoms with Crippen molar-refractivity contribution in [1.29, 1.82) is 0 Å². The molecule has 0 aliphatic heterocycles. The molecule has 0 saturated carbocycles. The Morgan fingerprint density at radius 1 is 1.30 bits per heavy atom. The Kier molecular flexibility index (Phi) is 6.39. The van der Waals surface area contributed by atoms with E-state index in [1.807, 2.05) is 0 Å². The third-order valence-corrected chi connectivity index (χ3v) is 6.14. The predicted molar refractivity (Wildman–Crippen MR) is 110 cm³/mol. The first kappa shape index (κ1) is 19.7. The maximum absolute atomic E-state index is 12.5. The summed E-state index contributed by atoms with van der Waals surface area (Å²) >= 11 is 7.43. The zero-order chi connectivity index (χ0) is 19.4. The van der Waals surface area contributed by atoms with Crippen LogP contribution in [0.5, 0.6) is 0 Å². The Hall–Kier alpha value is -2.05. The molecule has 1 heterocycles. The van der Waals surface area contributed by atoms with E-state index in [0.29, 0.717) is 33.8 Å². The third-order valence-electron chi connectivity index (χ3n) is 4.73. The van der Waals surface area contributed by atoms with Gasteiger partial charge in [0.15, 0.2) is 0 Å². The fourth-order valence-corrected chi connectivity index (χ4v) is 4.88. The fraction of sp³-hybridized carbons (Fsp3) is 0.400. The van der Waals surface area contributed by atoms with Gasteiger partial charge in [0.25, 0.3) is 0 Å². The number of hydrogen-bond acceptors (Lipinski definition) is 4. The highest BCUT2D eigenvalue weighted by atomic mass is 35.5. The molecule has 144 valence electrons. The largest absolute Gasteiger partial charge is 0.462 e. The van der Waals surface area contributed by atoms with Crippen molar-refractivity contribution in [3.8, 4) is 0 Å². The second-order valence-electron chi connectivity index (χ2n) is 6.53. The van der Waals surface area contributed by atoms with E-state index in [2.05, 4.69) is 17.6 Å². The van der Waals surface area contributed by atoms with Gasteiger partial charge >= 0.3 is 12.0 Å². The highest BCUT2D eigenvalue weighted by Gasteiger charge is 2.29. The number of fused-ring (bicyclic) bond motifs is 1. The molecule has 0 spiro atoms. The predicted octanol–water partition coefficient (Wildman–Crippen LogP) is 5.74. The molecule has 0 unspecified atom stereocenters. The lowest BCUT2D eigenvalue weighted by molar-refractivity contribution is 0.0526. The first-order valence-electron chi connectivity index (χ1n) is 9.17. The number of ether oxygens (including phenoxy) is 1. The number of amides is 2. The molecule has 7 heteroatoms. The number of carbonyl (C=O) groups excluding carboxylic acids is 2. The average Bonchev–Trinajstić information content (AvgIpc) is 2.98. The van der Waals surface area contributed by atoms with Crippen molar-refractivity contribution in [3.63, 3.8) is 0 Å². The average molecular weight is 407 g/mol. The molecule has 3 rings (SSSR count). The lowest BCUT2D eigenvalue weighted by Gasteiger charge is -2.20. The monoisotopic (exact) mass is 406 g/mol. The van der Waals surface area contributed by atoms with Crippen LogP contribution in [-0.4, -0.2) is 18.6 Å². The van der Waals surface area contributed by atoms with Gasteiger partial charge in [-0.2, -0.15) is 0 Å². The second kappa shape index (κ2) is 8.76. The van der Waals surface area contributed by atoms with E-state index in [1.165, 1.54) is 16.2 Å². The summed E-state index contributed by atoms with van der Waals surface area (Å²) in [7, 11) is 0. The molecule has 27 heavy (non-hydrogen) atoms. The van der Waals surface area contributed by atoms with Crippen LogP contribution in [0.3, 0.4) is 0 Å². The molecule has 1 aliphatic carbocycles. The number of esters is 1. The maximum Gasteiger partial charge on any atom is 0.341 e. The summed E-state index contributed by atoms with van der Waals surface area (Å²) in [6.45, 7) is 4.27. The summed E-state index contributed by atoms with van der Waals surface area (Å²) < 4.78 is 5.24. The highest BCUT2D eigenvalue weighted by molar-refractivity contribution is 7.17. The number of rotatable bonds is 5. The summed E-state index contributed by atoms with van der Waals surface area (Å²) in [5, 5.41) is 6.67. The van der Waals surface area contributed by atoms with E-state index in [-0.39, 0.29) is 5.97 Å². The lowest BCUT2D eigenvalue weighted by atomic mass is 9.86. The van der Waals surface area contributed by atoms with E-state index < -0.39 is 6.03 Å². The molecule has 0 bridgehead atoms. The number of benzene rings is 1. The van der Waals surface area contributed by atoms with Gasteiger partial charge < -0.3 is 10.1 Å². The molecule has 2 amide bonds. The van der Waals surface area contributed by atoms with Crippen molar-refractivity contribution in [2.45, 2.75) is 39.5 Å². The van der Waals surface area contributed by atoms with Gasteiger partial charge in [0.2, 0.25) is 0 Å². The first-order chi connectivity index (χ1) is 13.0. The van der Waals surface area contributed by atoms with Crippen molar-refractivity contribution in [1.82, 2.24) is 0 Å². The zero-order valence-corrected chi connectivity index (χ0v) is 17.0. The number of thiophene rings is 1. The van der Waals surface area contributed by atoms with Crippen molar-refractivity contribution < 1.29 is 14.3 Å². The van der Waals surface area contributed by atoms with Gasteiger partial charge in [-0.05, 0) is 55.9 Å². The molecule has 2 aromatic rings. The van der Waals surface area contributed by atoms with E-state index >= 15 is 0 Å². The third kappa shape index (κ3) is 4.62. The smallest absolute Gasteiger partial charge is 0.341 e. The summed E-state index contributed by atoms with van der Waals surface area (Å²) in [5.74, 6) is 0.252. The van der Waals surface area contributed by atoms with Gasteiger partial charge in [-0.15, -0.1) is 11.3 Å². The van der Waals surface area contributed by atoms with Crippen LogP contribution in [0, 0.1) is 5.92 Å². The second-order valence-corrected chi connectivity index (χ2v) is 8.08. The molecule has 1 aliphatic rings. The molecule has 0 fully saturated rings. The van der Waals surface area contributed by atoms with Crippen LogP contribution in [0.15, 0.2) is 24.3 Å². The summed E-state index contributed by atoms with van der Waals surface area (Å²) in [6, 6.07) is 6.51. The SMILES string of the molecule is CCOC(=O)c1c(NC(=O)Nc2cccc(Cl)c2)sc2c1CC[C@@H](CC)C2. The van der Waals surface area contributed by atoms with Crippen molar-refractivity contribution in [2.24, 2.45) is 5.92 Å². The van der Waals surface area contributed by atoms with Gasteiger partial charge in [0, 0.05) is 15.6 Å². The molecular formula is C20H23ClN2O3S. The number of nitrogens with one attached hydrogen (secondary N) is 2. The van der Waals surface area contributed by atoms with Gasteiger partial charge in [-0.1, -0.05) is 31.0 Å². The highest BCUT2D eigenvalue weighted by Crippen LogP contribution is 2.40. The number of anilines is 2. The van der Waals surface area contributed by atoms with Crippen molar-refractivity contribution in [3.05, 3.63) is 45.3 Å². The summed E-state index contributed by atoms with van der Waals surface area (Å²) in [4.78, 5) is 26.2. The topological polar surface area (TPSA) is 67.4 Å².